The Morgan fingerprint density at radius 1 is 0.338 bits per heavy atom. The molecule has 1 unspecified atom stereocenters. The number of hydrogen-bond acceptors (Lipinski definition) is 0. The molecule has 9 aromatic rings. The number of benzene rings is 9. The second-order valence-corrected chi connectivity index (χ2v) is 25.3. The van der Waals surface area contributed by atoms with E-state index in [1.165, 1.54) is 116 Å². The van der Waals surface area contributed by atoms with Gasteiger partial charge in [0.25, 0.3) is 0 Å². The van der Waals surface area contributed by atoms with Crippen LogP contribution < -0.4 is 52.8 Å². The maximum absolute atomic E-state index is 4.51. The first-order valence-electron chi connectivity index (χ1n) is 26.4. The van der Waals surface area contributed by atoms with E-state index in [-0.39, 0.29) is 58.9 Å². The molecule has 1 aliphatic rings. The summed E-state index contributed by atoms with van der Waals surface area (Å²) in [4.78, 5) is 0. The summed E-state index contributed by atoms with van der Waals surface area (Å²) in [6, 6.07) is 83.1. The zero-order chi connectivity index (χ0) is 50.5. The molecule has 0 saturated heterocycles. The molecule has 0 amide bonds. The van der Waals surface area contributed by atoms with E-state index in [2.05, 4.69) is 273 Å². The van der Waals surface area contributed by atoms with Gasteiger partial charge in [0.05, 0.1) is 0 Å². The molecule has 0 heterocycles. The summed E-state index contributed by atoms with van der Waals surface area (Å²) in [7, 11) is -3.59. The molecule has 0 bridgehead atoms. The zero-order valence-corrected chi connectivity index (χ0v) is 50.5. The van der Waals surface area contributed by atoms with Gasteiger partial charge in [-0.05, 0) is 142 Å². The van der Waals surface area contributed by atoms with Gasteiger partial charge in [-0.15, -0.1) is 6.92 Å². The molecule has 1 aliphatic carbocycles. The fourth-order valence-electron chi connectivity index (χ4n) is 12.5. The van der Waals surface area contributed by atoms with Gasteiger partial charge in [-0.2, -0.15) is 11.1 Å². The van der Waals surface area contributed by atoms with E-state index in [1.54, 1.807) is 0 Å². The van der Waals surface area contributed by atoms with Crippen LogP contribution in [-0.4, -0.2) is 8.07 Å². The smallest absolute Gasteiger partial charge is 1.00 e. The van der Waals surface area contributed by atoms with Gasteiger partial charge in [0, 0.05) is 0 Å². The molecule has 0 spiro atoms. The second kappa shape index (κ2) is 26.7. The van der Waals surface area contributed by atoms with Crippen LogP contribution in [0.1, 0.15) is 111 Å². The van der Waals surface area contributed by atoms with E-state index < -0.39 is 13.1 Å². The Kier molecular flexibility index (Phi) is 21.0. The number of rotatable bonds is 16. The van der Waals surface area contributed by atoms with Crippen LogP contribution in [0.3, 0.4) is 0 Å². The Hall–Kier alpha value is -5.74. The van der Waals surface area contributed by atoms with Gasteiger partial charge in [0.1, 0.15) is 8.07 Å². The first-order chi connectivity index (χ1) is 35.5. The van der Waals surface area contributed by atoms with Gasteiger partial charge >= 0.3 is 21.7 Å². The normalized spacial score (nSPS) is 13.9. The van der Waals surface area contributed by atoms with Crippen LogP contribution in [0.5, 0.6) is 0 Å². The van der Waals surface area contributed by atoms with Crippen LogP contribution in [0, 0.1) is 26.8 Å². The fraction of sp³-hybridized carbons (Fsp3) is 0.194. The summed E-state index contributed by atoms with van der Waals surface area (Å²) in [6.07, 6.45) is 9.51. The minimum Gasteiger partial charge on any atom is -1.00 e. The molecule has 0 fully saturated rings. The van der Waals surface area contributed by atoms with E-state index in [9.17, 15) is 0 Å². The summed E-state index contributed by atoms with van der Waals surface area (Å²) in [6.45, 7) is 16.9. The number of allylic oxidation sites excluding steroid dienone is 4. The van der Waals surface area contributed by atoms with Crippen molar-refractivity contribution in [2.24, 2.45) is 0 Å². The summed E-state index contributed by atoms with van der Waals surface area (Å²) in [5.41, 5.74) is 24.6. The van der Waals surface area contributed by atoms with Gasteiger partial charge in [0.15, 0.2) is 0 Å². The molecule has 77 heavy (non-hydrogen) atoms. The van der Waals surface area contributed by atoms with E-state index in [1.807, 2.05) is 0 Å². The Morgan fingerprint density at radius 2 is 0.571 bits per heavy atom. The van der Waals surface area contributed by atoms with Crippen molar-refractivity contribution in [1.29, 1.82) is 0 Å². The van der Waals surface area contributed by atoms with Crippen molar-refractivity contribution in [3.05, 3.63) is 325 Å². The predicted octanol–water partition coefficient (Wildman–Crippen LogP) is 6.50. The van der Waals surface area contributed by atoms with Crippen molar-refractivity contribution in [3.8, 4) is 0 Å². The number of aryl methyl sites for hydroxylation is 3. The van der Waals surface area contributed by atoms with Gasteiger partial charge in [0.2, 0.25) is 0 Å². The summed E-state index contributed by atoms with van der Waals surface area (Å²) >= 11 is 0. The molecular weight excluding hydrogens is 1050 g/mol. The third-order valence-electron chi connectivity index (χ3n) is 16.1. The van der Waals surface area contributed by atoms with E-state index in [4.69, 9.17) is 0 Å². The third-order valence-corrected chi connectivity index (χ3v) is 21.9. The van der Waals surface area contributed by atoms with Crippen molar-refractivity contribution in [3.63, 3.8) is 0 Å². The Balaban J connectivity index is 0.00000240. The second-order valence-electron chi connectivity index (χ2n) is 21.2. The molecule has 0 saturated carbocycles. The van der Waals surface area contributed by atoms with Crippen LogP contribution in [0.25, 0.3) is 0 Å². The molecule has 9 aromatic carbocycles. The van der Waals surface area contributed by atoms with Gasteiger partial charge in [-0.3, -0.25) is 6.08 Å². The quantitative estimate of drug-likeness (QED) is 0.0590. The van der Waals surface area contributed by atoms with E-state index >= 15 is 0 Å². The van der Waals surface area contributed by atoms with Gasteiger partial charge in [-0.25, -0.2) is 5.57 Å². The molecule has 5 heteroatoms. The minimum absolute atomic E-state index is 0. The largest absolute Gasteiger partial charge is 4.00 e. The van der Waals surface area contributed by atoms with E-state index in [0.29, 0.717) is 0 Å². The molecule has 0 nitrogen and oxygen atoms in total. The summed E-state index contributed by atoms with van der Waals surface area (Å²) in [5, 5.41) is 4.01. The monoisotopic (exact) mass is 1110 g/mol. The molecule has 0 N–H and O–H groups in total. The zero-order valence-electron chi connectivity index (χ0n) is 45.7. The van der Waals surface area contributed by atoms with Crippen molar-refractivity contribution in [1.82, 2.24) is 0 Å². The molecule has 0 radical (unpaired) electrons. The molecule has 1 atom stereocenters. The topological polar surface area (TPSA) is 0 Å². The molecule has 0 aliphatic heterocycles. The molecule has 10 rings (SSSR count). The SMILES string of the molecule is CC1=[C-]C(C)([Si](c2cc(C)cc(Cc3ccccc3)c2Cc2ccccc2)(c2cc(C)cc(Cc3ccccc3)c2Cc2ccccc2)c2cc(C)cc(Cc3ccccc3)c2Cc2ccccc2)C(C)=C1C.[Cl-].[Cl-].[Cl-].[Ti+4]. The standard InChI is InChI=1S/C72H69Si.3ClH.Ti/c1-51-38-63(44-57-26-14-8-15-27-57)66(47-60-32-20-11-21-33-60)69(41-51)73(72(7)50-54(4)55(5)56(72)6,70-42-52(2)39-64(45-58-28-16-9-17-29-58)67(70)48-61-34-22-12-23-35-61)71-43-53(3)40-65(46-59-30-18-10-19-31-59)68(71)49-62-36-24-13-25-37-62;;;;/h8-43H,44-49H2,1-7H3;3*1H;/q-1;;;;+4/p-3. The Morgan fingerprint density at radius 3 is 0.792 bits per heavy atom. The first kappa shape index (κ1) is 60.5. The Bertz CT molecular complexity index is 3120. The van der Waals surface area contributed by atoms with Crippen molar-refractivity contribution in [2.45, 2.75) is 92.0 Å². The molecule has 386 valence electrons. The van der Waals surface area contributed by atoms with Crippen LogP contribution in [-0.2, 0) is 60.2 Å². The first-order valence-corrected chi connectivity index (χ1v) is 28.4. The average Bonchev–Trinajstić information content (AvgIpc) is 3.60. The third kappa shape index (κ3) is 12.7. The number of halogens is 3. The van der Waals surface area contributed by atoms with Crippen molar-refractivity contribution >= 4 is 23.6 Å². The summed E-state index contributed by atoms with van der Waals surface area (Å²) in [5.74, 6) is 0. The van der Waals surface area contributed by atoms with Crippen molar-refractivity contribution < 1.29 is 58.9 Å². The maximum Gasteiger partial charge on any atom is 4.00 e. The van der Waals surface area contributed by atoms with Crippen LogP contribution >= 0.6 is 0 Å². The van der Waals surface area contributed by atoms with Crippen LogP contribution in [0.15, 0.2) is 235 Å². The molecule has 0 aromatic heterocycles. The summed E-state index contributed by atoms with van der Waals surface area (Å²) < 4.78 is 0. The van der Waals surface area contributed by atoms with Crippen LogP contribution in [0.2, 0.25) is 5.04 Å². The number of hydrogen-bond donors (Lipinski definition) is 0. The minimum atomic E-state index is -3.59. The van der Waals surface area contributed by atoms with Gasteiger partial charge in [-0.1, -0.05) is 261 Å². The molecular formula is C72H69Cl3SiTi. The predicted molar refractivity (Wildman–Crippen MR) is 313 cm³/mol. The van der Waals surface area contributed by atoms with Crippen LogP contribution in [0.4, 0.5) is 0 Å². The van der Waals surface area contributed by atoms with E-state index in [0.717, 1.165) is 38.5 Å². The maximum atomic E-state index is 4.51. The van der Waals surface area contributed by atoms with Crippen molar-refractivity contribution in [2.75, 3.05) is 0 Å². The Labute approximate surface area is 495 Å². The van der Waals surface area contributed by atoms with Gasteiger partial charge < -0.3 is 37.2 Å². The fourth-order valence-corrected chi connectivity index (χ4v) is 19.5. The average molecular weight is 1120 g/mol.